The van der Waals surface area contributed by atoms with Crippen LogP contribution in [0.2, 0.25) is 0 Å². The summed E-state index contributed by atoms with van der Waals surface area (Å²) in [5, 5.41) is 3.78. The van der Waals surface area contributed by atoms with Gasteiger partial charge in [-0.15, -0.1) is 17.5 Å². The summed E-state index contributed by atoms with van der Waals surface area (Å²) in [6.07, 6.45) is -4.44. The van der Waals surface area contributed by atoms with Gasteiger partial charge in [-0.3, -0.25) is 4.79 Å². The maximum atomic E-state index is 12.6. The molecule has 0 amide bonds. The predicted octanol–water partition coefficient (Wildman–Crippen LogP) is 2.56. The van der Waals surface area contributed by atoms with Gasteiger partial charge in [0.05, 0.1) is 11.3 Å². The van der Waals surface area contributed by atoms with E-state index in [1.54, 1.807) is 6.92 Å². The Morgan fingerprint density at radius 1 is 1.25 bits per heavy atom. The van der Waals surface area contributed by atoms with Crippen LogP contribution >= 0.6 is 12.4 Å². The lowest BCUT2D eigenvalue weighted by atomic mass is 10.2. The number of hydrogen-bond acceptors (Lipinski definition) is 3. The average molecular weight is 306 g/mol. The Bertz CT molecular complexity index is 682. The van der Waals surface area contributed by atoms with Gasteiger partial charge in [0.25, 0.3) is 0 Å². The number of hydrogen-bond donors (Lipinski definition) is 1. The van der Waals surface area contributed by atoms with Gasteiger partial charge >= 0.3 is 6.18 Å². The first kappa shape index (κ1) is 16.0. The lowest BCUT2D eigenvalue weighted by molar-refractivity contribution is -0.137. The molecule has 2 aromatic rings. The summed E-state index contributed by atoms with van der Waals surface area (Å²) in [5.74, 6) is -0.261. The van der Waals surface area contributed by atoms with Gasteiger partial charge in [0.15, 0.2) is 5.82 Å². The number of aryl methyl sites for hydroxylation is 1. The maximum Gasteiger partial charge on any atom is 0.416 e. The molecule has 0 radical (unpaired) electrons. The topological polar surface area (TPSA) is 60.9 Å². The minimum Gasteiger partial charge on any atom is -0.379 e. The van der Waals surface area contributed by atoms with E-state index in [0.29, 0.717) is 5.69 Å². The Morgan fingerprint density at radius 2 is 1.90 bits per heavy atom. The summed E-state index contributed by atoms with van der Waals surface area (Å²) in [6.45, 7) is 1.56. The normalized spacial score (nSPS) is 11.0. The molecule has 0 aliphatic heterocycles. The highest BCUT2D eigenvalue weighted by Crippen LogP contribution is 2.30. The molecule has 0 spiro atoms. The fraction of sp³-hybridized carbons (Fsp3) is 0.167. The average Bonchev–Trinajstić information content (AvgIpc) is 2.33. The van der Waals surface area contributed by atoms with Crippen molar-refractivity contribution in [3.8, 4) is 5.69 Å². The molecule has 4 nitrogen and oxygen atoms in total. The summed E-state index contributed by atoms with van der Waals surface area (Å²) in [6, 6.07) is 5.87. The lowest BCUT2D eigenvalue weighted by Gasteiger charge is -2.12. The molecule has 0 bridgehead atoms. The number of nitrogens with zero attached hydrogens (tertiary/aromatic N) is 2. The molecule has 2 rings (SSSR count). The van der Waals surface area contributed by atoms with Gasteiger partial charge in [0.1, 0.15) is 0 Å². The standard InChI is InChI=1S/C12H10F3N3O.ClH/c1-7-5-10(19)11(16)17-18(7)9-4-2-3-8(6-9)12(13,14)15;/h2-6H,1H3,(H2,16,17);1H. The predicted molar refractivity (Wildman–Crippen MR) is 71.2 cm³/mol. The van der Waals surface area contributed by atoms with Crippen LogP contribution < -0.4 is 11.2 Å². The van der Waals surface area contributed by atoms with E-state index in [1.807, 2.05) is 0 Å². The monoisotopic (exact) mass is 305 g/mol. The Kier molecular flexibility index (Phi) is 4.44. The second kappa shape index (κ2) is 5.54. The van der Waals surface area contributed by atoms with Gasteiger partial charge in [-0.05, 0) is 25.1 Å². The highest BCUT2D eigenvalue weighted by molar-refractivity contribution is 5.85. The number of anilines is 1. The SMILES string of the molecule is Cc1cc(=O)c(N)nn1-c1cccc(C(F)(F)F)c1.Cl. The molecular formula is C12H11ClF3N3O. The zero-order valence-electron chi connectivity index (χ0n) is 10.3. The Balaban J connectivity index is 0.00000200. The van der Waals surface area contributed by atoms with E-state index in [-0.39, 0.29) is 23.9 Å². The van der Waals surface area contributed by atoms with Crippen molar-refractivity contribution in [1.29, 1.82) is 0 Å². The van der Waals surface area contributed by atoms with E-state index in [4.69, 9.17) is 5.73 Å². The molecule has 2 N–H and O–H groups in total. The summed E-state index contributed by atoms with van der Waals surface area (Å²) in [4.78, 5) is 11.3. The molecule has 1 aromatic carbocycles. The Morgan fingerprint density at radius 3 is 2.50 bits per heavy atom. The Labute approximate surface area is 118 Å². The smallest absolute Gasteiger partial charge is 0.379 e. The third-order valence-corrected chi connectivity index (χ3v) is 2.55. The van der Waals surface area contributed by atoms with Gasteiger partial charge < -0.3 is 5.73 Å². The van der Waals surface area contributed by atoms with Crippen LogP contribution in [0, 0.1) is 6.92 Å². The summed E-state index contributed by atoms with van der Waals surface area (Å²) in [7, 11) is 0. The van der Waals surface area contributed by atoms with E-state index >= 15 is 0 Å². The molecule has 0 aliphatic carbocycles. The van der Waals surface area contributed by atoms with E-state index in [2.05, 4.69) is 5.10 Å². The zero-order valence-corrected chi connectivity index (χ0v) is 11.1. The van der Waals surface area contributed by atoms with Crippen LogP contribution in [0.1, 0.15) is 11.3 Å². The summed E-state index contributed by atoms with van der Waals surface area (Å²) < 4.78 is 39.1. The number of nitrogen functional groups attached to an aromatic ring is 1. The highest BCUT2D eigenvalue weighted by Gasteiger charge is 2.30. The van der Waals surface area contributed by atoms with Gasteiger partial charge in [0, 0.05) is 11.8 Å². The van der Waals surface area contributed by atoms with Crippen LogP contribution in [0.4, 0.5) is 19.0 Å². The van der Waals surface area contributed by atoms with Gasteiger partial charge in [0.2, 0.25) is 5.43 Å². The van der Waals surface area contributed by atoms with Crippen molar-refractivity contribution < 1.29 is 13.2 Å². The van der Waals surface area contributed by atoms with Crippen LogP contribution in [-0.2, 0) is 6.18 Å². The number of nitrogens with two attached hydrogens (primary N) is 1. The van der Waals surface area contributed by atoms with Crippen molar-refractivity contribution in [3.05, 3.63) is 51.8 Å². The number of benzene rings is 1. The number of rotatable bonds is 1. The number of halogens is 4. The first-order chi connectivity index (χ1) is 8.79. The zero-order chi connectivity index (χ0) is 14.2. The molecule has 0 fully saturated rings. The highest BCUT2D eigenvalue weighted by atomic mass is 35.5. The number of aromatic nitrogens is 2. The first-order valence-corrected chi connectivity index (χ1v) is 5.33. The lowest BCUT2D eigenvalue weighted by Crippen LogP contribution is -2.18. The van der Waals surface area contributed by atoms with Crippen molar-refractivity contribution in [2.45, 2.75) is 13.1 Å². The number of alkyl halides is 3. The van der Waals surface area contributed by atoms with Crippen molar-refractivity contribution in [2.75, 3.05) is 5.73 Å². The van der Waals surface area contributed by atoms with Crippen LogP contribution in [0.15, 0.2) is 35.1 Å². The van der Waals surface area contributed by atoms with Gasteiger partial charge in [-0.1, -0.05) is 6.07 Å². The van der Waals surface area contributed by atoms with Crippen molar-refractivity contribution in [1.82, 2.24) is 9.78 Å². The van der Waals surface area contributed by atoms with E-state index in [9.17, 15) is 18.0 Å². The van der Waals surface area contributed by atoms with E-state index < -0.39 is 17.2 Å². The first-order valence-electron chi connectivity index (χ1n) is 5.33. The van der Waals surface area contributed by atoms with Gasteiger partial charge in [-0.25, -0.2) is 4.68 Å². The molecule has 20 heavy (non-hydrogen) atoms. The third-order valence-electron chi connectivity index (χ3n) is 2.55. The molecule has 0 aliphatic rings. The molecule has 108 valence electrons. The second-order valence-corrected chi connectivity index (χ2v) is 4.00. The van der Waals surface area contributed by atoms with E-state index in [1.165, 1.54) is 22.9 Å². The summed E-state index contributed by atoms with van der Waals surface area (Å²) >= 11 is 0. The van der Waals surface area contributed by atoms with Crippen molar-refractivity contribution in [2.24, 2.45) is 0 Å². The maximum absolute atomic E-state index is 12.6. The molecule has 8 heteroatoms. The third kappa shape index (κ3) is 3.11. The van der Waals surface area contributed by atoms with Crippen LogP contribution in [-0.4, -0.2) is 9.78 Å². The quantitative estimate of drug-likeness (QED) is 0.881. The van der Waals surface area contributed by atoms with Crippen LogP contribution in [0.3, 0.4) is 0 Å². The van der Waals surface area contributed by atoms with Crippen LogP contribution in [0.5, 0.6) is 0 Å². The van der Waals surface area contributed by atoms with Crippen molar-refractivity contribution >= 4 is 18.2 Å². The Hall–Kier alpha value is -2.02. The van der Waals surface area contributed by atoms with Gasteiger partial charge in [-0.2, -0.15) is 13.2 Å². The van der Waals surface area contributed by atoms with Crippen molar-refractivity contribution in [3.63, 3.8) is 0 Å². The molecule has 0 saturated heterocycles. The minimum atomic E-state index is -4.44. The molecule has 0 atom stereocenters. The molecule has 0 unspecified atom stereocenters. The fourth-order valence-electron chi connectivity index (χ4n) is 1.64. The molecule has 0 saturated carbocycles. The largest absolute Gasteiger partial charge is 0.416 e. The molecule has 1 heterocycles. The molecule has 1 aromatic heterocycles. The fourth-order valence-corrected chi connectivity index (χ4v) is 1.64. The second-order valence-electron chi connectivity index (χ2n) is 4.00. The molecular weight excluding hydrogens is 295 g/mol. The van der Waals surface area contributed by atoms with E-state index in [0.717, 1.165) is 12.1 Å². The summed E-state index contributed by atoms with van der Waals surface area (Å²) in [5.41, 5.74) is 4.73. The van der Waals surface area contributed by atoms with Crippen LogP contribution in [0.25, 0.3) is 5.69 Å². The minimum absolute atomic E-state index is 0.